The number of halogens is 2. The van der Waals surface area contributed by atoms with E-state index in [1.54, 1.807) is 42.5 Å². The number of benzene rings is 4. The number of amides is 1. The Hall–Kier alpha value is -3.87. The van der Waals surface area contributed by atoms with E-state index in [1.807, 2.05) is 36.4 Å². The van der Waals surface area contributed by atoms with Gasteiger partial charge in [0.2, 0.25) is 0 Å². The highest BCUT2D eigenvalue weighted by Crippen LogP contribution is 2.28. The van der Waals surface area contributed by atoms with Gasteiger partial charge >= 0.3 is 5.97 Å². The van der Waals surface area contributed by atoms with Crippen molar-refractivity contribution < 1.29 is 19.1 Å². The summed E-state index contributed by atoms with van der Waals surface area (Å²) in [5.41, 5.74) is 3.37. The van der Waals surface area contributed by atoms with Crippen molar-refractivity contribution >= 4 is 52.1 Å². The fourth-order valence-electron chi connectivity index (χ4n) is 3.17. The van der Waals surface area contributed by atoms with Crippen molar-refractivity contribution in [1.29, 1.82) is 0 Å². The van der Waals surface area contributed by atoms with Gasteiger partial charge in [0.1, 0.15) is 11.5 Å². The number of carbonyl (C=O) groups excluding carboxylic acids is 2. The highest BCUT2D eigenvalue weighted by molar-refractivity contribution is 6.35. The van der Waals surface area contributed by atoms with Crippen LogP contribution in [0.4, 0.5) is 0 Å². The van der Waals surface area contributed by atoms with Crippen molar-refractivity contribution in [2.24, 2.45) is 5.10 Å². The van der Waals surface area contributed by atoms with Crippen molar-refractivity contribution in [3.8, 4) is 11.5 Å². The smallest absolute Gasteiger partial charge is 0.343 e. The van der Waals surface area contributed by atoms with Crippen LogP contribution in [-0.2, 0) is 4.79 Å². The largest absolute Gasteiger partial charge is 0.482 e. The molecule has 4 aromatic carbocycles. The van der Waals surface area contributed by atoms with Crippen LogP contribution in [0.1, 0.15) is 15.9 Å². The molecule has 0 aliphatic rings. The minimum absolute atomic E-state index is 0.296. The topological polar surface area (TPSA) is 77.0 Å². The number of hydrogen-bond donors (Lipinski definition) is 1. The zero-order chi connectivity index (χ0) is 23.9. The van der Waals surface area contributed by atoms with Crippen molar-refractivity contribution in [2.75, 3.05) is 6.61 Å². The van der Waals surface area contributed by atoms with Crippen molar-refractivity contribution in [2.45, 2.75) is 0 Å². The van der Waals surface area contributed by atoms with Gasteiger partial charge < -0.3 is 9.47 Å². The number of nitrogens with one attached hydrogen (secondary N) is 1. The minimum atomic E-state index is -0.497. The molecule has 170 valence electrons. The Kier molecular flexibility index (Phi) is 7.42. The molecule has 4 aromatic rings. The molecule has 4 rings (SSSR count). The van der Waals surface area contributed by atoms with Gasteiger partial charge in [0, 0.05) is 10.6 Å². The van der Waals surface area contributed by atoms with Crippen LogP contribution in [0.25, 0.3) is 10.8 Å². The third kappa shape index (κ3) is 5.73. The van der Waals surface area contributed by atoms with Gasteiger partial charge in [0.15, 0.2) is 6.61 Å². The first-order valence-corrected chi connectivity index (χ1v) is 11.0. The summed E-state index contributed by atoms with van der Waals surface area (Å²) in [5, 5.41) is 6.52. The normalized spacial score (nSPS) is 10.9. The average Bonchev–Trinajstić information content (AvgIpc) is 2.85. The maximum absolute atomic E-state index is 12.6. The molecule has 0 fully saturated rings. The van der Waals surface area contributed by atoms with Gasteiger partial charge in [-0.25, -0.2) is 10.2 Å². The summed E-state index contributed by atoms with van der Waals surface area (Å²) < 4.78 is 11.0. The first-order chi connectivity index (χ1) is 16.5. The van der Waals surface area contributed by atoms with Crippen LogP contribution in [0.3, 0.4) is 0 Å². The number of hydrazone groups is 1. The Bertz CT molecular complexity index is 1370. The maximum atomic E-state index is 12.6. The fraction of sp³-hybridized carbons (Fsp3) is 0.0385. The second kappa shape index (κ2) is 10.8. The Balaban J connectivity index is 1.50. The highest BCUT2D eigenvalue weighted by atomic mass is 35.5. The molecule has 0 aliphatic carbocycles. The summed E-state index contributed by atoms with van der Waals surface area (Å²) in [6.45, 7) is -0.302. The standard InChI is InChI=1S/C26H18Cl2N2O4/c27-19-11-13-24(22(28)14-19)33-16-25(31)30-29-15-21-20-9-5-4-6-17(20)10-12-23(21)34-26(32)18-7-2-1-3-8-18/h1-15H,16H2,(H,30,31). The molecular formula is C26H18Cl2N2O4. The van der Waals surface area contributed by atoms with Gasteiger partial charge in [0.25, 0.3) is 5.91 Å². The fourth-order valence-corrected chi connectivity index (χ4v) is 3.63. The number of carbonyl (C=O) groups is 2. The second-order valence-electron chi connectivity index (χ2n) is 7.11. The van der Waals surface area contributed by atoms with Crippen LogP contribution in [0.15, 0.2) is 90.0 Å². The van der Waals surface area contributed by atoms with E-state index < -0.39 is 11.9 Å². The molecule has 1 amide bonds. The number of rotatable bonds is 7. The lowest BCUT2D eigenvalue weighted by atomic mass is 10.0. The zero-order valence-electron chi connectivity index (χ0n) is 17.7. The quantitative estimate of drug-likeness (QED) is 0.151. The minimum Gasteiger partial charge on any atom is -0.482 e. The molecule has 34 heavy (non-hydrogen) atoms. The van der Waals surface area contributed by atoms with Crippen molar-refractivity contribution in [1.82, 2.24) is 5.43 Å². The van der Waals surface area contributed by atoms with Crippen molar-refractivity contribution in [3.05, 3.63) is 106 Å². The zero-order valence-corrected chi connectivity index (χ0v) is 19.2. The average molecular weight is 493 g/mol. The van der Waals surface area contributed by atoms with Crippen molar-refractivity contribution in [3.63, 3.8) is 0 Å². The van der Waals surface area contributed by atoms with E-state index >= 15 is 0 Å². The van der Waals surface area contributed by atoms with Crippen LogP contribution >= 0.6 is 23.2 Å². The summed E-state index contributed by atoms with van der Waals surface area (Å²) in [6, 6.07) is 24.5. The Morgan fingerprint density at radius 2 is 1.62 bits per heavy atom. The molecule has 0 bridgehead atoms. The molecule has 0 atom stereocenters. The van der Waals surface area contributed by atoms with E-state index in [1.165, 1.54) is 12.3 Å². The van der Waals surface area contributed by atoms with E-state index in [-0.39, 0.29) is 6.61 Å². The van der Waals surface area contributed by atoms with Gasteiger partial charge in [-0.3, -0.25) is 4.79 Å². The summed E-state index contributed by atoms with van der Waals surface area (Å²) in [5.74, 6) is -0.350. The first kappa shape index (κ1) is 23.3. The molecule has 0 aromatic heterocycles. The Labute approximate surface area is 205 Å². The molecule has 1 N–H and O–H groups in total. The monoisotopic (exact) mass is 492 g/mol. The molecule has 0 saturated heterocycles. The van der Waals surface area contributed by atoms with E-state index in [0.29, 0.717) is 32.7 Å². The molecule has 0 spiro atoms. The van der Waals surface area contributed by atoms with Crippen LogP contribution in [0.5, 0.6) is 11.5 Å². The third-order valence-electron chi connectivity index (χ3n) is 4.78. The lowest BCUT2D eigenvalue weighted by Crippen LogP contribution is -2.24. The van der Waals surface area contributed by atoms with E-state index in [4.69, 9.17) is 32.7 Å². The number of ether oxygens (including phenoxy) is 2. The Morgan fingerprint density at radius 1 is 0.882 bits per heavy atom. The molecule has 0 unspecified atom stereocenters. The lowest BCUT2D eigenvalue weighted by Gasteiger charge is -2.11. The number of fused-ring (bicyclic) bond motifs is 1. The second-order valence-corrected chi connectivity index (χ2v) is 7.95. The number of esters is 1. The van der Waals surface area contributed by atoms with E-state index in [2.05, 4.69) is 10.5 Å². The summed E-state index contributed by atoms with van der Waals surface area (Å²) in [6.07, 6.45) is 1.43. The predicted molar refractivity (Wildman–Crippen MR) is 133 cm³/mol. The summed E-state index contributed by atoms with van der Waals surface area (Å²) >= 11 is 11.9. The van der Waals surface area contributed by atoms with Gasteiger partial charge in [-0.05, 0) is 47.2 Å². The molecule has 0 aliphatic heterocycles. The van der Waals surface area contributed by atoms with Gasteiger partial charge in [-0.15, -0.1) is 0 Å². The third-order valence-corrected chi connectivity index (χ3v) is 5.31. The van der Waals surface area contributed by atoms with Crippen LogP contribution in [0, 0.1) is 0 Å². The highest BCUT2D eigenvalue weighted by Gasteiger charge is 2.13. The Morgan fingerprint density at radius 3 is 2.41 bits per heavy atom. The molecular weight excluding hydrogens is 475 g/mol. The van der Waals surface area contributed by atoms with E-state index in [9.17, 15) is 9.59 Å². The van der Waals surface area contributed by atoms with Crippen LogP contribution < -0.4 is 14.9 Å². The van der Waals surface area contributed by atoms with Gasteiger partial charge in [0.05, 0.1) is 16.8 Å². The maximum Gasteiger partial charge on any atom is 0.343 e. The summed E-state index contributed by atoms with van der Waals surface area (Å²) in [4.78, 5) is 24.8. The molecule has 6 nitrogen and oxygen atoms in total. The molecule has 0 heterocycles. The lowest BCUT2D eigenvalue weighted by molar-refractivity contribution is -0.123. The van der Waals surface area contributed by atoms with Gasteiger partial charge in [-0.2, -0.15) is 5.10 Å². The van der Waals surface area contributed by atoms with E-state index in [0.717, 1.165) is 10.8 Å². The number of hydrogen-bond acceptors (Lipinski definition) is 5. The molecule has 0 saturated carbocycles. The van der Waals surface area contributed by atoms with Crippen LogP contribution in [0.2, 0.25) is 10.0 Å². The SMILES string of the molecule is O=C(COc1ccc(Cl)cc1Cl)NN=Cc1c(OC(=O)c2ccccc2)ccc2ccccc12. The first-order valence-electron chi connectivity index (χ1n) is 10.2. The molecule has 8 heteroatoms. The van der Waals surface area contributed by atoms with Gasteiger partial charge in [-0.1, -0.05) is 71.7 Å². The predicted octanol–water partition coefficient (Wildman–Crippen LogP) is 5.89. The molecule has 0 radical (unpaired) electrons. The van der Waals surface area contributed by atoms with Crippen LogP contribution in [-0.4, -0.2) is 24.7 Å². The number of nitrogens with zero attached hydrogens (tertiary/aromatic N) is 1. The summed E-state index contributed by atoms with van der Waals surface area (Å²) in [7, 11) is 0.